The van der Waals surface area contributed by atoms with Crippen LogP contribution in [0.5, 0.6) is 0 Å². The maximum Gasteiger partial charge on any atom is 0.240 e. The summed E-state index contributed by atoms with van der Waals surface area (Å²) in [6.07, 6.45) is 1.18. The normalized spacial score (nSPS) is 31.1. The molecule has 92 valence electrons. The second-order valence-electron chi connectivity index (χ2n) is 5.16. The highest BCUT2D eigenvalue weighted by Crippen LogP contribution is 2.24. The van der Waals surface area contributed by atoms with Gasteiger partial charge in [-0.3, -0.25) is 4.79 Å². The van der Waals surface area contributed by atoms with Gasteiger partial charge < -0.3 is 10.2 Å². The van der Waals surface area contributed by atoms with Gasteiger partial charge >= 0.3 is 0 Å². The zero-order valence-electron chi connectivity index (χ0n) is 10.2. The van der Waals surface area contributed by atoms with E-state index >= 15 is 0 Å². The lowest BCUT2D eigenvalue weighted by Gasteiger charge is -2.27. The van der Waals surface area contributed by atoms with E-state index in [-0.39, 0.29) is 6.04 Å². The van der Waals surface area contributed by atoms with Crippen molar-refractivity contribution in [3.05, 3.63) is 0 Å². The summed E-state index contributed by atoms with van der Waals surface area (Å²) in [5.41, 5.74) is 0. The number of rotatable bonds is 2. The van der Waals surface area contributed by atoms with Gasteiger partial charge in [0.15, 0.2) is 0 Å². The molecule has 2 saturated heterocycles. The molecule has 1 N–H and O–H groups in total. The molecule has 1 amide bonds. The Morgan fingerprint density at radius 3 is 2.88 bits per heavy atom. The minimum absolute atomic E-state index is 0.0738. The van der Waals surface area contributed by atoms with Crippen molar-refractivity contribution >= 4 is 17.7 Å². The molecule has 16 heavy (non-hydrogen) atoms. The first-order chi connectivity index (χ1) is 7.68. The largest absolute Gasteiger partial charge is 0.341 e. The van der Waals surface area contributed by atoms with Crippen LogP contribution < -0.4 is 5.32 Å². The molecule has 0 aromatic heterocycles. The van der Waals surface area contributed by atoms with Crippen LogP contribution in [0.2, 0.25) is 0 Å². The third kappa shape index (κ3) is 2.72. The first-order valence-corrected chi connectivity index (χ1v) is 7.44. The Labute approximate surface area is 102 Å². The van der Waals surface area contributed by atoms with Crippen molar-refractivity contribution in [2.75, 3.05) is 31.1 Å². The van der Waals surface area contributed by atoms with Gasteiger partial charge in [0.25, 0.3) is 0 Å². The third-order valence-corrected chi connectivity index (χ3v) is 4.76. The Hall–Kier alpha value is -0.220. The average molecular weight is 242 g/mol. The predicted octanol–water partition coefficient (Wildman–Crippen LogP) is 1.20. The second kappa shape index (κ2) is 5.41. The van der Waals surface area contributed by atoms with Crippen molar-refractivity contribution in [2.24, 2.45) is 11.8 Å². The van der Waals surface area contributed by atoms with Crippen LogP contribution in [0.15, 0.2) is 0 Å². The first-order valence-electron chi connectivity index (χ1n) is 6.28. The van der Waals surface area contributed by atoms with Crippen LogP contribution in [-0.4, -0.2) is 48.0 Å². The van der Waals surface area contributed by atoms with Gasteiger partial charge in [-0.1, -0.05) is 13.8 Å². The first kappa shape index (κ1) is 12.2. The number of amides is 1. The molecule has 0 saturated carbocycles. The number of thioether (sulfide) groups is 1. The molecule has 0 spiro atoms. The highest BCUT2D eigenvalue weighted by molar-refractivity contribution is 7.99. The lowest BCUT2D eigenvalue weighted by atomic mass is 9.95. The summed E-state index contributed by atoms with van der Waals surface area (Å²) in [5.74, 6) is 3.82. The molecule has 3 nitrogen and oxygen atoms in total. The van der Waals surface area contributed by atoms with E-state index < -0.39 is 0 Å². The summed E-state index contributed by atoms with van der Waals surface area (Å²) >= 11 is 1.89. The summed E-state index contributed by atoms with van der Waals surface area (Å²) in [4.78, 5) is 14.3. The van der Waals surface area contributed by atoms with Crippen molar-refractivity contribution in [3.63, 3.8) is 0 Å². The minimum Gasteiger partial charge on any atom is -0.341 e. The Balaban J connectivity index is 1.86. The van der Waals surface area contributed by atoms with Gasteiger partial charge in [-0.2, -0.15) is 11.8 Å². The maximum absolute atomic E-state index is 12.2. The summed E-state index contributed by atoms with van der Waals surface area (Å²) < 4.78 is 0. The minimum atomic E-state index is 0.0738. The molecular formula is C12H22N2OS. The van der Waals surface area contributed by atoms with E-state index in [4.69, 9.17) is 0 Å². The van der Waals surface area contributed by atoms with Gasteiger partial charge in [-0.05, 0) is 18.3 Å². The monoisotopic (exact) mass is 242 g/mol. The standard InChI is InChI=1S/C12H22N2OS/c1-9(2)10-3-5-14(7-10)12(15)11-8-16-6-4-13-11/h9-11,13H,3-8H2,1-2H3. The summed E-state index contributed by atoms with van der Waals surface area (Å²) in [7, 11) is 0. The molecule has 2 atom stereocenters. The van der Waals surface area contributed by atoms with Crippen molar-refractivity contribution in [1.82, 2.24) is 10.2 Å². The molecule has 2 heterocycles. The third-order valence-electron chi connectivity index (χ3n) is 3.70. The van der Waals surface area contributed by atoms with Crippen molar-refractivity contribution in [3.8, 4) is 0 Å². The molecule has 2 aliphatic rings. The zero-order chi connectivity index (χ0) is 11.5. The molecule has 0 aromatic rings. The molecule has 2 aliphatic heterocycles. The van der Waals surface area contributed by atoms with E-state index in [2.05, 4.69) is 24.1 Å². The van der Waals surface area contributed by atoms with Crippen LogP contribution in [-0.2, 0) is 4.79 Å². The maximum atomic E-state index is 12.2. The molecule has 0 bridgehead atoms. The molecule has 0 aliphatic carbocycles. The Kier molecular flexibility index (Phi) is 4.14. The lowest BCUT2D eigenvalue weighted by Crippen LogP contribution is -2.50. The van der Waals surface area contributed by atoms with E-state index in [1.54, 1.807) is 0 Å². The smallest absolute Gasteiger partial charge is 0.240 e. The molecule has 4 heteroatoms. The van der Waals surface area contributed by atoms with Gasteiger partial charge in [0.05, 0.1) is 6.04 Å². The SMILES string of the molecule is CC(C)C1CCN(C(=O)C2CSCCN2)C1. The van der Waals surface area contributed by atoms with E-state index in [1.165, 1.54) is 6.42 Å². The topological polar surface area (TPSA) is 32.3 Å². The van der Waals surface area contributed by atoms with Crippen molar-refractivity contribution in [1.29, 1.82) is 0 Å². The molecule has 2 rings (SSSR count). The van der Waals surface area contributed by atoms with E-state index in [1.807, 2.05) is 11.8 Å². The molecule has 0 radical (unpaired) electrons. The predicted molar refractivity (Wildman–Crippen MR) is 68.6 cm³/mol. The Morgan fingerprint density at radius 2 is 2.31 bits per heavy atom. The van der Waals surface area contributed by atoms with Crippen LogP contribution in [0, 0.1) is 11.8 Å². The van der Waals surface area contributed by atoms with Crippen LogP contribution in [0.4, 0.5) is 0 Å². The number of nitrogens with zero attached hydrogens (tertiary/aromatic N) is 1. The number of carbonyl (C=O) groups is 1. The van der Waals surface area contributed by atoms with Gasteiger partial charge in [0.1, 0.15) is 0 Å². The fourth-order valence-electron chi connectivity index (χ4n) is 2.48. The number of hydrogen-bond donors (Lipinski definition) is 1. The van der Waals surface area contributed by atoms with Crippen LogP contribution in [0.1, 0.15) is 20.3 Å². The molecule has 2 fully saturated rings. The van der Waals surface area contributed by atoms with E-state index in [0.29, 0.717) is 17.7 Å². The number of hydrogen-bond acceptors (Lipinski definition) is 3. The summed E-state index contributed by atoms with van der Waals surface area (Å²) in [5, 5.41) is 3.33. The fraction of sp³-hybridized carbons (Fsp3) is 0.917. The molecule has 2 unspecified atom stereocenters. The van der Waals surface area contributed by atoms with Crippen LogP contribution in [0.3, 0.4) is 0 Å². The summed E-state index contributed by atoms with van der Waals surface area (Å²) in [6.45, 7) is 7.42. The van der Waals surface area contributed by atoms with E-state index in [0.717, 1.165) is 31.1 Å². The van der Waals surface area contributed by atoms with Gasteiger partial charge in [-0.15, -0.1) is 0 Å². The van der Waals surface area contributed by atoms with Gasteiger partial charge in [-0.25, -0.2) is 0 Å². The second-order valence-corrected chi connectivity index (χ2v) is 6.31. The zero-order valence-corrected chi connectivity index (χ0v) is 11.1. The Bertz CT molecular complexity index is 251. The quantitative estimate of drug-likeness (QED) is 0.789. The highest BCUT2D eigenvalue weighted by atomic mass is 32.2. The van der Waals surface area contributed by atoms with Gasteiger partial charge in [0.2, 0.25) is 5.91 Å². The van der Waals surface area contributed by atoms with E-state index in [9.17, 15) is 4.79 Å². The number of carbonyl (C=O) groups excluding carboxylic acids is 1. The number of likely N-dealkylation sites (tertiary alicyclic amines) is 1. The molecular weight excluding hydrogens is 220 g/mol. The van der Waals surface area contributed by atoms with Crippen molar-refractivity contribution in [2.45, 2.75) is 26.3 Å². The Morgan fingerprint density at radius 1 is 1.50 bits per heavy atom. The number of nitrogens with one attached hydrogen (secondary N) is 1. The molecule has 0 aromatic carbocycles. The van der Waals surface area contributed by atoms with Crippen LogP contribution >= 0.6 is 11.8 Å². The summed E-state index contributed by atoms with van der Waals surface area (Å²) in [6, 6.07) is 0.0738. The lowest BCUT2D eigenvalue weighted by molar-refractivity contribution is -0.132. The highest BCUT2D eigenvalue weighted by Gasteiger charge is 2.32. The van der Waals surface area contributed by atoms with Gasteiger partial charge in [0, 0.05) is 31.1 Å². The average Bonchev–Trinajstić information content (AvgIpc) is 2.78. The fourth-order valence-corrected chi connectivity index (χ4v) is 3.40. The van der Waals surface area contributed by atoms with Crippen molar-refractivity contribution < 1.29 is 4.79 Å². The van der Waals surface area contributed by atoms with Crippen LogP contribution in [0.25, 0.3) is 0 Å².